The van der Waals surface area contributed by atoms with E-state index in [2.05, 4.69) is 20.3 Å². The number of rotatable bonds is 5. The van der Waals surface area contributed by atoms with Gasteiger partial charge in [-0.1, -0.05) is 6.92 Å². The molecule has 178 valence electrons. The first-order valence-electron chi connectivity index (χ1n) is 10.9. The van der Waals surface area contributed by atoms with Crippen LogP contribution in [0.2, 0.25) is 0 Å². The average Bonchev–Trinajstić information content (AvgIpc) is 2.83. The van der Waals surface area contributed by atoms with Crippen LogP contribution < -0.4 is 11.1 Å². The second kappa shape index (κ2) is 9.41. The molecule has 3 aromatic heterocycles. The van der Waals surface area contributed by atoms with Gasteiger partial charge in [0.1, 0.15) is 11.3 Å². The van der Waals surface area contributed by atoms with Gasteiger partial charge >= 0.3 is 0 Å². The van der Waals surface area contributed by atoms with Crippen molar-refractivity contribution >= 4 is 17.3 Å². The maximum Gasteiger partial charge on any atom is 0.276 e. The summed E-state index contributed by atoms with van der Waals surface area (Å²) in [5, 5.41) is 24.0. The maximum atomic E-state index is 14.2. The molecule has 1 aliphatic rings. The summed E-state index contributed by atoms with van der Waals surface area (Å²) >= 11 is 0. The van der Waals surface area contributed by atoms with Crippen molar-refractivity contribution in [2.75, 3.05) is 11.1 Å². The molecular formula is C24H26FN5O4. The summed E-state index contributed by atoms with van der Waals surface area (Å²) in [5.74, 6) is -1.20. The van der Waals surface area contributed by atoms with Crippen molar-refractivity contribution in [2.45, 2.75) is 50.6 Å². The van der Waals surface area contributed by atoms with E-state index in [4.69, 9.17) is 10.5 Å². The summed E-state index contributed by atoms with van der Waals surface area (Å²) in [4.78, 5) is 25.4. The van der Waals surface area contributed by atoms with Crippen LogP contribution in [0.5, 0.6) is 0 Å². The van der Waals surface area contributed by atoms with E-state index in [1.165, 1.54) is 36.7 Å². The molecule has 3 aromatic rings. The Hall–Kier alpha value is -3.47. The number of aromatic nitrogens is 3. The molecule has 4 atom stereocenters. The Morgan fingerprint density at radius 1 is 1.32 bits per heavy atom. The highest BCUT2D eigenvalue weighted by atomic mass is 19.1. The molecule has 0 bridgehead atoms. The van der Waals surface area contributed by atoms with E-state index in [-0.39, 0.29) is 29.2 Å². The molecule has 34 heavy (non-hydrogen) atoms. The van der Waals surface area contributed by atoms with E-state index >= 15 is 0 Å². The van der Waals surface area contributed by atoms with Gasteiger partial charge in [-0.2, -0.15) is 0 Å². The number of aliphatic hydroxyl groups excluding tert-OH is 1. The van der Waals surface area contributed by atoms with E-state index in [9.17, 15) is 19.4 Å². The fourth-order valence-corrected chi connectivity index (χ4v) is 4.15. The quantitative estimate of drug-likeness (QED) is 0.448. The third kappa shape index (κ3) is 4.35. The number of pyridine rings is 3. The van der Waals surface area contributed by atoms with Crippen LogP contribution in [-0.2, 0) is 4.74 Å². The average molecular weight is 468 g/mol. The van der Waals surface area contributed by atoms with Crippen LogP contribution in [0, 0.1) is 5.82 Å². The van der Waals surface area contributed by atoms with Crippen molar-refractivity contribution in [1.29, 1.82) is 0 Å². The Bertz CT molecular complexity index is 1200. The van der Waals surface area contributed by atoms with Gasteiger partial charge in [0.25, 0.3) is 5.91 Å². The van der Waals surface area contributed by atoms with Gasteiger partial charge in [-0.3, -0.25) is 14.8 Å². The van der Waals surface area contributed by atoms with Crippen LogP contribution in [0.25, 0.3) is 11.4 Å². The van der Waals surface area contributed by atoms with Crippen molar-refractivity contribution in [1.82, 2.24) is 15.0 Å². The van der Waals surface area contributed by atoms with E-state index in [1.54, 1.807) is 26.1 Å². The second-order valence-electron chi connectivity index (χ2n) is 8.25. The Morgan fingerprint density at radius 2 is 2.12 bits per heavy atom. The molecule has 5 N–H and O–H groups in total. The Morgan fingerprint density at radius 3 is 2.82 bits per heavy atom. The summed E-state index contributed by atoms with van der Waals surface area (Å²) in [6.07, 6.45) is 2.66. The number of amides is 1. The Balaban J connectivity index is 1.61. The van der Waals surface area contributed by atoms with Crippen LogP contribution in [0.3, 0.4) is 0 Å². The van der Waals surface area contributed by atoms with Gasteiger partial charge < -0.3 is 26.0 Å². The number of hydrogen-bond acceptors (Lipinski definition) is 8. The van der Waals surface area contributed by atoms with Crippen molar-refractivity contribution in [3.63, 3.8) is 0 Å². The molecule has 0 unspecified atom stereocenters. The minimum absolute atomic E-state index is 0.000564. The summed E-state index contributed by atoms with van der Waals surface area (Å²) in [6, 6.07) is 7.33. The smallest absolute Gasteiger partial charge is 0.276 e. The van der Waals surface area contributed by atoms with E-state index in [1.807, 2.05) is 0 Å². The summed E-state index contributed by atoms with van der Waals surface area (Å²) in [6.45, 7) is 3.48. The zero-order chi connectivity index (χ0) is 24.5. The lowest BCUT2D eigenvalue weighted by Gasteiger charge is -2.45. The molecule has 0 aliphatic carbocycles. The Kier molecular flexibility index (Phi) is 6.56. The number of nitrogens with zero attached hydrogens (tertiary/aromatic N) is 3. The minimum atomic E-state index is -1.35. The molecule has 10 heteroatoms. The normalized spacial score (nSPS) is 24.6. The van der Waals surface area contributed by atoms with Gasteiger partial charge in [-0.25, -0.2) is 9.37 Å². The molecule has 4 heterocycles. The van der Waals surface area contributed by atoms with Crippen LogP contribution in [0.1, 0.15) is 48.8 Å². The van der Waals surface area contributed by atoms with Crippen LogP contribution in [0.4, 0.5) is 15.8 Å². The molecule has 1 amide bonds. The molecule has 9 nitrogen and oxygen atoms in total. The molecule has 1 fully saturated rings. The molecule has 1 saturated heterocycles. The van der Waals surface area contributed by atoms with Gasteiger partial charge in [0.15, 0.2) is 11.5 Å². The molecule has 0 radical (unpaired) electrons. The van der Waals surface area contributed by atoms with E-state index < -0.39 is 35.6 Å². The highest BCUT2D eigenvalue weighted by Crippen LogP contribution is 2.40. The lowest BCUT2D eigenvalue weighted by molar-refractivity contribution is -0.224. The zero-order valence-corrected chi connectivity index (χ0v) is 18.8. The lowest BCUT2D eigenvalue weighted by atomic mass is 9.81. The van der Waals surface area contributed by atoms with Crippen LogP contribution in [-0.4, -0.2) is 48.9 Å². The van der Waals surface area contributed by atoms with E-state index in [0.29, 0.717) is 17.7 Å². The highest BCUT2D eigenvalue weighted by Gasteiger charge is 2.47. The summed E-state index contributed by atoms with van der Waals surface area (Å²) in [7, 11) is 0. The van der Waals surface area contributed by atoms with Gasteiger partial charge in [-0.05, 0) is 43.7 Å². The molecule has 1 aliphatic heterocycles. The van der Waals surface area contributed by atoms with Gasteiger partial charge in [0.05, 0.1) is 41.6 Å². The molecule has 0 saturated carbocycles. The highest BCUT2D eigenvalue weighted by molar-refractivity contribution is 6.06. The largest absolute Gasteiger partial charge is 0.397 e. The number of aliphatic hydroxyl groups is 2. The number of hydrogen-bond donors (Lipinski definition) is 4. The first-order chi connectivity index (χ1) is 16.2. The first-order valence-corrected chi connectivity index (χ1v) is 10.9. The van der Waals surface area contributed by atoms with Crippen LogP contribution in [0.15, 0.2) is 48.9 Å². The Labute approximate surface area is 195 Å². The monoisotopic (exact) mass is 467 g/mol. The summed E-state index contributed by atoms with van der Waals surface area (Å²) < 4.78 is 20.2. The SMILES string of the molecule is CC[C@]1(O)[C@H](O)C[C@H](c2ccncc2NC(=O)c2nc(-c3ncccc3F)ccc2N)O[C@@H]1C. The van der Waals surface area contributed by atoms with Crippen molar-refractivity contribution in [3.8, 4) is 11.4 Å². The number of nitrogen functional groups attached to an aromatic ring is 1. The third-order valence-corrected chi connectivity index (χ3v) is 6.25. The number of carbonyl (C=O) groups is 1. The topological polar surface area (TPSA) is 143 Å². The first kappa shape index (κ1) is 23.7. The van der Waals surface area contributed by atoms with Crippen molar-refractivity contribution in [3.05, 3.63) is 66.0 Å². The van der Waals surface area contributed by atoms with Gasteiger partial charge in [0, 0.05) is 24.4 Å². The van der Waals surface area contributed by atoms with Crippen molar-refractivity contribution < 1.29 is 24.1 Å². The second-order valence-corrected chi connectivity index (χ2v) is 8.25. The van der Waals surface area contributed by atoms with E-state index in [0.717, 1.165) is 0 Å². The predicted octanol–water partition coefficient (Wildman–Crippen LogP) is 2.86. The predicted molar refractivity (Wildman–Crippen MR) is 123 cm³/mol. The fourth-order valence-electron chi connectivity index (χ4n) is 4.15. The number of anilines is 2. The van der Waals surface area contributed by atoms with Gasteiger partial charge in [-0.15, -0.1) is 0 Å². The van der Waals surface area contributed by atoms with Gasteiger partial charge in [0.2, 0.25) is 0 Å². The van der Waals surface area contributed by atoms with Crippen LogP contribution >= 0.6 is 0 Å². The molecule has 4 rings (SSSR count). The molecule has 0 spiro atoms. The number of halogens is 1. The number of ether oxygens (including phenoxy) is 1. The van der Waals surface area contributed by atoms with Crippen molar-refractivity contribution in [2.24, 2.45) is 0 Å². The minimum Gasteiger partial charge on any atom is -0.397 e. The fraction of sp³-hybridized carbons (Fsp3) is 0.333. The summed E-state index contributed by atoms with van der Waals surface area (Å²) in [5.41, 5.74) is 5.72. The number of nitrogens with two attached hydrogens (primary N) is 1. The number of carbonyl (C=O) groups excluding carboxylic acids is 1. The third-order valence-electron chi connectivity index (χ3n) is 6.25. The lowest BCUT2D eigenvalue weighted by Crippen LogP contribution is -2.56. The zero-order valence-electron chi connectivity index (χ0n) is 18.8. The molecular weight excluding hydrogens is 441 g/mol. The molecule has 0 aromatic carbocycles. The maximum absolute atomic E-state index is 14.2. The number of nitrogens with one attached hydrogen (secondary N) is 1. The standard InChI is InChI=1S/C24H26FN5O4/c1-3-24(33)13(2)34-19(11-20(24)31)14-8-10-27-12-18(14)30-23(32)22-16(26)6-7-17(29-22)21-15(25)5-4-9-28-21/h4-10,12-13,19-20,31,33H,3,11,26H2,1-2H3,(H,30,32)/t13-,19-,20-,24-/m1/s1.